The van der Waals surface area contributed by atoms with E-state index in [1.807, 2.05) is 30.6 Å². The number of hydrogen-bond acceptors (Lipinski definition) is 6. The summed E-state index contributed by atoms with van der Waals surface area (Å²) in [5.74, 6) is 2.28. The average molecular weight is 373 g/mol. The smallest absolute Gasteiger partial charge is 0.217 e. The number of aromatic nitrogens is 4. The largest absolute Gasteiger partial charge is 0.477 e. The number of fused-ring (bicyclic) bond motifs is 1. The molecule has 1 fully saturated rings. The number of rotatable bonds is 6. The predicted octanol–water partition coefficient (Wildman–Crippen LogP) is 3.28. The average Bonchev–Trinajstić information content (AvgIpc) is 3.58. The lowest BCUT2D eigenvalue weighted by atomic mass is 10.1. The summed E-state index contributed by atoms with van der Waals surface area (Å²) >= 11 is 0. The molecule has 2 aliphatic rings. The van der Waals surface area contributed by atoms with Crippen LogP contribution >= 0.6 is 0 Å². The first-order chi connectivity index (χ1) is 13.8. The fourth-order valence-electron chi connectivity index (χ4n) is 3.55. The Labute approximate surface area is 164 Å². The van der Waals surface area contributed by atoms with E-state index >= 15 is 0 Å². The minimum absolute atomic E-state index is 0.725. The molecule has 6 heteroatoms. The zero-order valence-electron chi connectivity index (χ0n) is 15.8. The van der Waals surface area contributed by atoms with E-state index in [0.717, 1.165) is 67.1 Å². The molecule has 1 saturated carbocycles. The van der Waals surface area contributed by atoms with Gasteiger partial charge in [-0.3, -0.25) is 9.88 Å². The number of nitrogens with zero attached hydrogens (tertiary/aromatic N) is 5. The lowest BCUT2D eigenvalue weighted by Gasteiger charge is -2.28. The monoisotopic (exact) mass is 373 g/mol. The van der Waals surface area contributed by atoms with Crippen molar-refractivity contribution in [3.8, 4) is 17.3 Å². The first-order valence-corrected chi connectivity index (χ1v) is 9.89. The topological polar surface area (TPSA) is 64.0 Å². The number of ether oxygens (including phenoxy) is 1. The van der Waals surface area contributed by atoms with E-state index in [4.69, 9.17) is 9.72 Å². The summed E-state index contributed by atoms with van der Waals surface area (Å²) < 4.78 is 5.97. The summed E-state index contributed by atoms with van der Waals surface area (Å²) in [5.41, 5.74) is 4.51. The molecule has 0 amide bonds. The number of pyridine rings is 2. The number of hydrogen-bond donors (Lipinski definition) is 0. The molecule has 28 heavy (non-hydrogen) atoms. The highest BCUT2D eigenvalue weighted by atomic mass is 16.5. The van der Waals surface area contributed by atoms with Gasteiger partial charge < -0.3 is 4.74 Å². The second kappa shape index (κ2) is 7.64. The van der Waals surface area contributed by atoms with Crippen LogP contribution in [0.2, 0.25) is 0 Å². The van der Waals surface area contributed by atoms with Crippen LogP contribution in [0.3, 0.4) is 0 Å². The standard InChI is InChI=1S/C22H23N5O/c1-2-18(22(24-8-1)28-15-16-3-4-16)13-27-11-7-20-19(14-27)12-25-21(26-20)17-5-9-23-10-6-17/h1-2,5-6,8-10,12,16H,3-4,7,11,13-15H2. The summed E-state index contributed by atoms with van der Waals surface area (Å²) in [4.78, 5) is 20.3. The van der Waals surface area contributed by atoms with Crippen LogP contribution in [-0.2, 0) is 19.5 Å². The van der Waals surface area contributed by atoms with Gasteiger partial charge in [-0.1, -0.05) is 6.07 Å². The maximum absolute atomic E-state index is 5.97. The summed E-state index contributed by atoms with van der Waals surface area (Å²) in [6.07, 6.45) is 10.8. The van der Waals surface area contributed by atoms with Gasteiger partial charge in [0.25, 0.3) is 0 Å². The van der Waals surface area contributed by atoms with Crippen LogP contribution in [0.5, 0.6) is 5.88 Å². The lowest BCUT2D eigenvalue weighted by Crippen LogP contribution is -2.31. The van der Waals surface area contributed by atoms with E-state index in [9.17, 15) is 0 Å². The molecular formula is C22H23N5O. The second-order valence-corrected chi connectivity index (χ2v) is 7.58. The Kier molecular flexibility index (Phi) is 4.71. The van der Waals surface area contributed by atoms with Crippen molar-refractivity contribution in [2.24, 2.45) is 5.92 Å². The maximum atomic E-state index is 5.97. The summed E-state index contributed by atoms with van der Waals surface area (Å²) in [5, 5.41) is 0. The van der Waals surface area contributed by atoms with E-state index < -0.39 is 0 Å². The Hall–Kier alpha value is -2.86. The molecule has 3 aromatic heterocycles. The van der Waals surface area contributed by atoms with Gasteiger partial charge in [0.15, 0.2) is 5.82 Å². The summed E-state index contributed by atoms with van der Waals surface area (Å²) in [7, 11) is 0. The fourth-order valence-corrected chi connectivity index (χ4v) is 3.55. The molecule has 142 valence electrons. The van der Waals surface area contributed by atoms with Crippen molar-refractivity contribution in [3.05, 3.63) is 65.9 Å². The Balaban J connectivity index is 1.29. The molecule has 5 rings (SSSR count). The van der Waals surface area contributed by atoms with E-state index in [2.05, 4.69) is 25.9 Å². The van der Waals surface area contributed by atoms with Crippen molar-refractivity contribution in [2.75, 3.05) is 13.2 Å². The normalized spacial score (nSPS) is 16.6. The highest BCUT2D eigenvalue weighted by molar-refractivity contribution is 5.54. The molecule has 0 spiro atoms. The lowest BCUT2D eigenvalue weighted by molar-refractivity contribution is 0.231. The quantitative estimate of drug-likeness (QED) is 0.661. The van der Waals surface area contributed by atoms with Gasteiger partial charge in [-0.05, 0) is 37.0 Å². The van der Waals surface area contributed by atoms with Crippen molar-refractivity contribution in [1.29, 1.82) is 0 Å². The van der Waals surface area contributed by atoms with Crippen molar-refractivity contribution in [3.63, 3.8) is 0 Å². The molecule has 1 aliphatic carbocycles. The molecule has 0 N–H and O–H groups in total. The van der Waals surface area contributed by atoms with Gasteiger partial charge in [-0.2, -0.15) is 0 Å². The molecule has 3 aromatic rings. The Morgan fingerprint density at radius 2 is 1.96 bits per heavy atom. The third-order valence-electron chi connectivity index (χ3n) is 5.35. The van der Waals surface area contributed by atoms with Crippen LogP contribution in [0.4, 0.5) is 0 Å². The highest BCUT2D eigenvalue weighted by Crippen LogP contribution is 2.30. The molecule has 0 unspecified atom stereocenters. The summed E-state index contributed by atoms with van der Waals surface area (Å²) in [6.45, 7) is 3.44. The molecule has 0 radical (unpaired) electrons. The van der Waals surface area contributed by atoms with Crippen molar-refractivity contribution in [2.45, 2.75) is 32.4 Å². The van der Waals surface area contributed by atoms with Gasteiger partial charge >= 0.3 is 0 Å². The molecule has 1 aliphatic heterocycles. The molecule has 0 saturated heterocycles. The van der Waals surface area contributed by atoms with Crippen molar-refractivity contribution >= 4 is 0 Å². The van der Waals surface area contributed by atoms with E-state index in [0.29, 0.717) is 0 Å². The minimum atomic E-state index is 0.725. The molecule has 6 nitrogen and oxygen atoms in total. The SMILES string of the molecule is c1cnc(OCC2CC2)c(CN2CCc3nc(-c4ccncc4)ncc3C2)c1. The van der Waals surface area contributed by atoms with Crippen molar-refractivity contribution < 1.29 is 4.74 Å². The highest BCUT2D eigenvalue weighted by Gasteiger charge is 2.24. The second-order valence-electron chi connectivity index (χ2n) is 7.58. The summed E-state index contributed by atoms with van der Waals surface area (Å²) in [6, 6.07) is 8.00. The third kappa shape index (κ3) is 3.87. The van der Waals surface area contributed by atoms with E-state index in [1.165, 1.54) is 18.4 Å². The minimum Gasteiger partial charge on any atom is -0.477 e. The van der Waals surface area contributed by atoms with Gasteiger partial charge in [0.1, 0.15) is 0 Å². The maximum Gasteiger partial charge on any atom is 0.217 e. The van der Waals surface area contributed by atoms with E-state index in [-0.39, 0.29) is 0 Å². The molecular weight excluding hydrogens is 350 g/mol. The van der Waals surface area contributed by atoms with Gasteiger partial charge in [0, 0.05) is 67.5 Å². The fraction of sp³-hybridized carbons (Fsp3) is 0.364. The van der Waals surface area contributed by atoms with Gasteiger partial charge in [0.2, 0.25) is 5.88 Å². The zero-order valence-corrected chi connectivity index (χ0v) is 15.8. The Morgan fingerprint density at radius 3 is 2.82 bits per heavy atom. The third-order valence-corrected chi connectivity index (χ3v) is 5.35. The predicted molar refractivity (Wildman–Crippen MR) is 106 cm³/mol. The van der Waals surface area contributed by atoms with Crippen LogP contribution < -0.4 is 4.74 Å². The van der Waals surface area contributed by atoms with E-state index in [1.54, 1.807) is 12.4 Å². The van der Waals surface area contributed by atoms with Gasteiger partial charge in [-0.15, -0.1) is 0 Å². The van der Waals surface area contributed by atoms with Crippen LogP contribution in [0.15, 0.2) is 49.1 Å². The molecule has 0 bridgehead atoms. The van der Waals surface area contributed by atoms with Gasteiger partial charge in [-0.25, -0.2) is 15.0 Å². The van der Waals surface area contributed by atoms with Crippen LogP contribution in [-0.4, -0.2) is 38.0 Å². The molecule has 0 atom stereocenters. The van der Waals surface area contributed by atoms with Crippen molar-refractivity contribution in [1.82, 2.24) is 24.8 Å². The Bertz CT molecular complexity index is 958. The van der Waals surface area contributed by atoms with Gasteiger partial charge in [0.05, 0.1) is 12.3 Å². The zero-order chi connectivity index (χ0) is 18.8. The van der Waals surface area contributed by atoms with Crippen LogP contribution in [0, 0.1) is 5.92 Å². The Morgan fingerprint density at radius 1 is 1.07 bits per heavy atom. The molecule has 0 aromatic carbocycles. The molecule has 4 heterocycles. The first kappa shape index (κ1) is 17.3. The van der Waals surface area contributed by atoms with Crippen LogP contribution in [0.1, 0.15) is 29.7 Å². The van der Waals surface area contributed by atoms with Crippen LogP contribution in [0.25, 0.3) is 11.4 Å². The first-order valence-electron chi connectivity index (χ1n) is 9.89.